The summed E-state index contributed by atoms with van der Waals surface area (Å²) in [6, 6.07) is 8.51. The molecule has 2 N–H and O–H groups in total. The van der Waals surface area contributed by atoms with E-state index in [9.17, 15) is 8.42 Å². The van der Waals surface area contributed by atoms with Crippen molar-refractivity contribution in [3.8, 4) is 0 Å². The summed E-state index contributed by atoms with van der Waals surface area (Å²) in [5.74, 6) is 0. The van der Waals surface area contributed by atoms with Gasteiger partial charge in [-0.15, -0.1) is 0 Å². The highest BCUT2D eigenvalue weighted by molar-refractivity contribution is 7.91. The summed E-state index contributed by atoms with van der Waals surface area (Å²) >= 11 is 0. The van der Waals surface area contributed by atoms with Gasteiger partial charge < -0.3 is 10.3 Å². The molecule has 2 aromatic rings. The highest BCUT2D eigenvalue weighted by Crippen LogP contribution is 2.35. The quantitative estimate of drug-likeness (QED) is 0.948. The first-order valence-electron chi connectivity index (χ1n) is 7.48. The SMILES string of the molecule is CS(=O)(=O)C1CCCC(n2ccc3cccc(CN)c32)C1. The molecule has 1 aromatic carbocycles. The summed E-state index contributed by atoms with van der Waals surface area (Å²) in [6.07, 6.45) is 6.94. The van der Waals surface area contributed by atoms with Crippen LogP contribution >= 0.6 is 0 Å². The maximum Gasteiger partial charge on any atom is 0.150 e. The molecule has 1 saturated carbocycles. The van der Waals surface area contributed by atoms with E-state index in [2.05, 4.69) is 29.0 Å². The lowest BCUT2D eigenvalue weighted by Gasteiger charge is -2.30. The van der Waals surface area contributed by atoms with Crippen molar-refractivity contribution in [3.63, 3.8) is 0 Å². The molecule has 0 amide bonds. The van der Waals surface area contributed by atoms with Gasteiger partial charge in [-0.05, 0) is 36.3 Å². The molecular formula is C16H22N2O2S. The van der Waals surface area contributed by atoms with E-state index in [1.165, 1.54) is 17.2 Å². The van der Waals surface area contributed by atoms with Crippen LogP contribution in [0.25, 0.3) is 10.9 Å². The Bertz CT molecular complexity index is 749. The third kappa shape index (κ3) is 2.72. The van der Waals surface area contributed by atoms with Gasteiger partial charge in [-0.1, -0.05) is 24.6 Å². The maximum atomic E-state index is 11.9. The Kier molecular flexibility index (Phi) is 3.80. The van der Waals surface area contributed by atoms with Crippen LogP contribution in [0.4, 0.5) is 0 Å². The standard InChI is InChI=1S/C16H22N2O2S/c1-21(19,20)15-7-3-6-14(10-15)18-9-8-12-4-2-5-13(11-17)16(12)18/h2,4-5,8-9,14-15H,3,6-7,10-11,17H2,1H3. The van der Waals surface area contributed by atoms with E-state index in [0.717, 1.165) is 24.8 Å². The molecule has 114 valence electrons. The van der Waals surface area contributed by atoms with Gasteiger partial charge in [0.25, 0.3) is 0 Å². The van der Waals surface area contributed by atoms with Gasteiger partial charge in [0.15, 0.2) is 0 Å². The Balaban J connectivity index is 2.00. The van der Waals surface area contributed by atoms with Crippen LogP contribution in [0.1, 0.15) is 37.3 Å². The van der Waals surface area contributed by atoms with E-state index < -0.39 is 9.84 Å². The molecule has 0 aliphatic heterocycles. The second-order valence-corrected chi connectivity index (χ2v) is 8.38. The van der Waals surface area contributed by atoms with Gasteiger partial charge in [-0.25, -0.2) is 8.42 Å². The van der Waals surface area contributed by atoms with Crippen LogP contribution in [0.3, 0.4) is 0 Å². The Labute approximate surface area is 125 Å². The van der Waals surface area contributed by atoms with E-state index in [0.29, 0.717) is 13.0 Å². The van der Waals surface area contributed by atoms with E-state index in [-0.39, 0.29) is 11.3 Å². The predicted octanol–water partition coefficient (Wildman–Crippen LogP) is 2.63. The maximum absolute atomic E-state index is 11.9. The van der Waals surface area contributed by atoms with Crippen LogP contribution in [0.15, 0.2) is 30.5 Å². The number of nitrogens with zero attached hydrogens (tertiary/aromatic N) is 1. The van der Waals surface area contributed by atoms with Crippen molar-refractivity contribution in [1.29, 1.82) is 0 Å². The van der Waals surface area contributed by atoms with Gasteiger partial charge in [0.1, 0.15) is 9.84 Å². The van der Waals surface area contributed by atoms with Crippen molar-refractivity contribution < 1.29 is 8.42 Å². The average Bonchev–Trinajstić information content (AvgIpc) is 2.90. The lowest BCUT2D eigenvalue weighted by molar-refractivity contribution is 0.359. The second-order valence-electron chi connectivity index (χ2n) is 6.05. The molecule has 5 heteroatoms. The molecule has 0 spiro atoms. The molecule has 1 fully saturated rings. The first kappa shape index (κ1) is 14.6. The Morgan fingerprint density at radius 1 is 1.29 bits per heavy atom. The fraction of sp³-hybridized carbons (Fsp3) is 0.500. The number of rotatable bonds is 3. The van der Waals surface area contributed by atoms with Crippen LogP contribution in [0.5, 0.6) is 0 Å². The largest absolute Gasteiger partial charge is 0.344 e. The fourth-order valence-corrected chi connectivity index (χ4v) is 4.69. The van der Waals surface area contributed by atoms with Crippen LogP contribution < -0.4 is 5.73 Å². The van der Waals surface area contributed by atoms with Crippen molar-refractivity contribution in [3.05, 3.63) is 36.0 Å². The van der Waals surface area contributed by atoms with E-state index in [1.54, 1.807) is 0 Å². The molecule has 1 heterocycles. The molecule has 1 aliphatic carbocycles. The molecular weight excluding hydrogens is 284 g/mol. The van der Waals surface area contributed by atoms with Crippen LogP contribution in [-0.2, 0) is 16.4 Å². The second kappa shape index (κ2) is 5.46. The minimum absolute atomic E-state index is 0.210. The lowest BCUT2D eigenvalue weighted by Crippen LogP contribution is -2.28. The summed E-state index contributed by atoms with van der Waals surface area (Å²) in [6.45, 7) is 0.504. The number of sulfone groups is 1. The van der Waals surface area contributed by atoms with Gasteiger partial charge in [0.2, 0.25) is 0 Å². The number of fused-ring (bicyclic) bond motifs is 1. The number of benzene rings is 1. The van der Waals surface area contributed by atoms with Crippen molar-refractivity contribution in [2.24, 2.45) is 5.73 Å². The van der Waals surface area contributed by atoms with E-state index in [4.69, 9.17) is 5.73 Å². The minimum atomic E-state index is -2.96. The molecule has 2 atom stereocenters. The Hall–Kier alpha value is -1.33. The number of hydrogen-bond donors (Lipinski definition) is 1. The zero-order valence-electron chi connectivity index (χ0n) is 12.3. The highest BCUT2D eigenvalue weighted by atomic mass is 32.2. The lowest BCUT2D eigenvalue weighted by atomic mass is 9.94. The molecule has 21 heavy (non-hydrogen) atoms. The number of hydrogen-bond acceptors (Lipinski definition) is 3. The third-order valence-electron chi connectivity index (χ3n) is 4.64. The predicted molar refractivity (Wildman–Crippen MR) is 86.0 cm³/mol. The molecule has 3 rings (SSSR count). The number of nitrogens with two attached hydrogens (primary N) is 1. The topological polar surface area (TPSA) is 65.1 Å². The molecule has 1 aromatic heterocycles. The monoisotopic (exact) mass is 306 g/mol. The molecule has 0 bridgehead atoms. The van der Waals surface area contributed by atoms with Gasteiger partial charge in [-0.2, -0.15) is 0 Å². The fourth-order valence-electron chi connectivity index (χ4n) is 3.53. The van der Waals surface area contributed by atoms with Crippen LogP contribution in [0, 0.1) is 0 Å². The third-order valence-corrected chi connectivity index (χ3v) is 6.28. The average molecular weight is 306 g/mol. The Morgan fingerprint density at radius 3 is 2.81 bits per heavy atom. The first-order valence-corrected chi connectivity index (χ1v) is 9.43. The highest BCUT2D eigenvalue weighted by Gasteiger charge is 2.30. The summed E-state index contributed by atoms with van der Waals surface area (Å²) < 4.78 is 26.0. The van der Waals surface area contributed by atoms with Crippen molar-refractivity contribution >= 4 is 20.7 Å². The zero-order valence-corrected chi connectivity index (χ0v) is 13.1. The molecule has 1 aliphatic rings. The van der Waals surface area contributed by atoms with Crippen molar-refractivity contribution in [1.82, 2.24) is 4.57 Å². The van der Waals surface area contributed by atoms with Gasteiger partial charge >= 0.3 is 0 Å². The molecule has 2 unspecified atom stereocenters. The first-order chi connectivity index (χ1) is 10.0. The van der Waals surface area contributed by atoms with Crippen LogP contribution in [-0.4, -0.2) is 24.5 Å². The summed E-state index contributed by atoms with van der Waals surface area (Å²) in [4.78, 5) is 0. The zero-order chi connectivity index (χ0) is 15.0. The minimum Gasteiger partial charge on any atom is -0.344 e. The normalized spacial score (nSPS) is 23.5. The van der Waals surface area contributed by atoms with Crippen molar-refractivity contribution in [2.45, 2.75) is 43.5 Å². The molecule has 0 radical (unpaired) electrons. The van der Waals surface area contributed by atoms with Gasteiger partial charge in [0.05, 0.1) is 10.8 Å². The van der Waals surface area contributed by atoms with Gasteiger partial charge in [0, 0.05) is 25.0 Å². The summed E-state index contributed by atoms with van der Waals surface area (Å²) in [5, 5.41) is 0.971. The van der Waals surface area contributed by atoms with E-state index >= 15 is 0 Å². The van der Waals surface area contributed by atoms with Crippen molar-refractivity contribution in [2.75, 3.05) is 6.26 Å². The number of aromatic nitrogens is 1. The molecule has 4 nitrogen and oxygen atoms in total. The van der Waals surface area contributed by atoms with Crippen LogP contribution in [0.2, 0.25) is 0 Å². The Morgan fingerprint density at radius 2 is 2.10 bits per heavy atom. The summed E-state index contributed by atoms with van der Waals surface area (Å²) in [5.41, 5.74) is 8.15. The molecule has 0 saturated heterocycles. The summed E-state index contributed by atoms with van der Waals surface area (Å²) in [7, 11) is -2.96. The van der Waals surface area contributed by atoms with Gasteiger partial charge in [-0.3, -0.25) is 0 Å². The van der Waals surface area contributed by atoms with E-state index in [1.807, 2.05) is 6.07 Å². The smallest absolute Gasteiger partial charge is 0.150 e. The number of para-hydroxylation sites is 1.